The number of hydrogen-bond donors (Lipinski definition) is 2. The van der Waals surface area contributed by atoms with Crippen molar-refractivity contribution in [2.75, 3.05) is 26.3 Å². The highest BCUT2D eigenvalue weighted by molar-refractivity contribution is 7.12. The van der Waals surface area contributed by atoms with Gasteiger partial charge in [0.1, 0.15) is 5.82 Å². The van der Waals surface area contributed by atoms with Crippen LogP contribution in [0.25, 0.3) is 0 Å². The lowest BCUT2D eigenvalue weighted by Crippen LogP contribution is -2.44. The maximum Gasteiger partial charge on any atom is 0.261 e. The number of carbonyl (C=O) groups excluding carboxylic acids is 2. The highest BCUT2D eigenvalue weighted by Crippen LogP contribution is 2.34. The molecule has 150 valence electrons. The number of carbonyl (C=O) groups is 2. The van der Waals surface area contributed by atoms with Crippen LogP contribution in [0, 0.1) is 5.82 Å². The third-order valence-electron chi connectivity index (χ3n) is 5.14. The van der Waals surface area contributed by atoms with Crippen LogP contribution in [-0.4, -0.2) is 38.1 Å². The van der Waals surface area contributed by atoms with Crippen molar-refractivity contribution in [1.29, 1.82) is 0 Å². The van der Waals surface area contributed by atoms with E-state index in [0.29, 0.717) is 44.0 Å². The van der Waals surface area contributed by atoms with Crippen LogP contribution in [0.1, 0.15) is 40.9 Å². The van der Waals surface area contributed by atoms with Gasteiger partial charge in [0.05, 0.1) is 4.88 Å². The van der Waals surface area contributed by atoms with Crippen molar-refractivity contribution in [1.82, 2.24) is 10.6 Å². The van der Waals surface area contributed by atoms with Crippen molar-refractivity contribution < 1.29 is 18.7 Å². The normalized spacial score (nSPS) is 15.8. The summed E-state index contributed by atoms with van der Waals surface area (Å²) in [5.74, 6) is -0.411. The first-order chi connectivity index (χ1) is 13.6. The molecule has 7 heteroatoms. The molecule has 2 heterocycles. The summed E-state index contributed by atoms with van der Waals surface area (Å²) in [6.07, 6.45) is 2.50. The molecule has 1 aromatic heterocycles. The van der Waals surface area contributed by atoms with E-state index in [1.54, 1.807) is 18.2 Å². The van der Waals surface area contributed by atoms with Gasteiger partial charge in [0.2, 0.25) is 5.91 Å². The number of benzene rings is 1. The van der Waals surface area contributed by atoms with E-state index < -0.39 is 0 Å². The number of hydrogen-bond acceptors (Lipinski definition) is 4. The molecule has 2 aromatic rings. The van der Waals surface area contributed by atoms with Crippen LogP contribution in [0.2, 0.25) is 0 Å². The van der Waals surface area contributed by atoms with Crippen molar-refractivity contribution in [3.8, 4) is 0 Å². The molecule has 0 atom stereocenters. The molecule has 1 saturated heterocycles. The van der Waals surface area contributed by atoms with Crippen molar-refractivity contribution in [3.63, 3.8) is 0 Å². The zero-order valence-electron chi connectivity index (χ0n) is 15.7. The van der Waals surface area contributed by atoms with Crippen LogP contribution in [0.15, 0.2) is 41.8 Å². The van der Waals surface area contributed by atoms with Crippen LogP contribution >= 0.6 is 11.3 Å². The Morgan fingerprint density at radius 3 is 2.54 bits per heavy atom. The molecule has 1 aromatic carbocycles. The molecular formula is C21H25FN2O3S. The minimum atomic E-state index is -0.264. The number of rotatable bonds is 8. The summed E-state index contributed by atoms with van der Waals surface area (Å²) in [4.78, 5) is 24.8. The lowest BCUT2D eigenvalue weighted by Gasteiger charge is -2.38. The van der Waals surface area contributed by atoms with Gasteiger partial charge in [0.15, 0.2) is 0 Å². The van der Waals surface area contributed by atoms with E-state index in [1.807, 2.05) is 11.4 Å². The molecule has 2 N–H and O–H groups in total. The molecule has 0 unspecified atom stereocenters. The smallest absolute Gasteiger partial charge is 0.261 e. The lowest BCUT2D eigenvalue weighted by atomic mass is 9.74. The van der Waals surface area contributed by atoms with Gasteiger partial charge < -0.3 is 15.4 Å². The average molecular weight is 405 g/mol. The van der Waals surface area contributed by atoms with Crippen LogP contribution in [0.4, 0.5) is 4.39 Å². The predicted octanol–water partition coefficient (Wildman–Crippen LogP) is 3.26. The molecule has 0 saturated carbocycles. The monoisotopic (exact) mass is 404 g/mol. The first-order valence-electron chi connectivity index (χ1n) is 9.51. The molecule has 28 heavy (non-hydrogen) atoms. The maximum absolute atomic E-state index is 13.3. The Morgan fingerprint density at radius 1 is 1.11 bits per heavy atom. The summed E-state index contributed by atoms with van der Waals surface area (Å²) in [5, 5.41) is 7.70. The molecule has 1 fully saturated rings. The highest BCUT2D eigenvalue weighted by atomic mass is 32.1. The molecule has 2 amide bonds. The summed E-state index contributed by atoms with van der Waals surface area (Å²) in [6.45, 7) is 2.22. The van der Waals surface area contributed by atoms with E-state index in [-0.39, 0.29) is 23.0 Å². The van der Waals surface area contributed by atoms with Crippen molar-refractivity contribution in [2.45, 2.75) is 31.1 Å². The summed E-state index contributed by atoms with van der Waals surface area (Å²) in [6, 6.07) is 10.1. The number of amides is 2. The lowest BCUT2D eigenvalue weighted by molar-refractivity contribution is -0.121. The highest BCUT2D eigenvalue weighted by Gasteiger charge is 2.34. The predicted molar refractivity (Wildman–Crippen MR) is 107 cm³/mol. The second-order valence-electron chi connectivity index (χ2n) is 7.01. The Kier molecular flexibility index (Phi) is 7.17. The maximum atomic E-state index is 13.3. The molecular weight excluding hydrogens is 379 g/mol. The third kappa shape index (κ3) is 5.39. The quantitative estimate of drug-likeness (QED) is 0.664. The number of ether oxygens (including phenoxy) is 1. The van der Waals surface area contributed by atoms with E-state index in [4.69, 9.17) is 4.74 Å². The first kappa shape index (κ1) is 20.5. The molecule has 5 nitrogen and oxygen atoms in total. The fourth-order valence-corrected chi connectivity index (χ4v) is 4.08. The van der Waals surface area contributed by atoms with Crippen LogP contribution in [0.5, 0.6) is 0 Å². The van der Waals surface area contributed by atoms with Gasteiger partial charge in [-0.2, -0.15) is 0 Å². The first-order valence-corrected chi connectivity index (χ1v) is 10.4. The van der Waals surface area contributed by atoms with E-state index in [0.717, 1.165) is 18.4 Å². The van der Waals surface area contributed by atoms with E-state index in [2.05, 4.69) is 10.6 Å². The second kappa shape index (κ2) is 9.80. The van der Waals surface area contributed by atoms with E-state index >= 15 is 0 Å². The van der Waals surface area contributed by atoms with Gasteiger partial charge in [0.25, 0.3) is 5.91 Å². The van der Waals surface area contributed by atoms with E-state index in [1.165, 1.54) is 23.5 Å². The van der Waals surface area contributed by atoms with Crippen molar-refractivity contribution in [3.05, 3.63) is 58.0 Å². The Bertz CT molecular complexity index is 771. The Balaban J connectivity index is 1.46. The Morgan fingerprint density at radius 2 is 1.86 bits per heavy atom. The summed E-state index contributed by atoms with van der Waals surface area (Å²) < 4.78 is 18.8. The summed E-state index contributed by atoms with van der Waals surface area (Å²) >= 11 is 1.39. The molecule has 0 aliphatic carbocycles. The molecule has 0 radical (unpaired) electrons. The molecule has 0 bridgehead atoms. The van der Waals surface area contributed by atoms with Gasteiger partial charge in [-0.25, -0.2) is 4.39 Å². The SMILES string of the molecule is O=C(CCCNC(=O)c1cccs1)NCC1(c2ccc(F)cc2)CCOCC1. The van der Waals surface area contributed by atoms with Crippen LogP contribution < -0.4 is 10.6 Å². The van der Waals surface area contributed by atoms with Crippen molar-refractivity contribution >= 4 is 23.2 Å². The number of nitrogens with one attached hydrogen (secondary N) is 2. The Labute approximate surface area is 168 Å². The zero-order valence-corrected chi connectivity index (χ0v) is 16.5. The third-order valence-corrected chi connectivity index (χ3v) is 6.01. The van der Waals surface area contributed by atoms with Crippen molar-refractivity contribution in [2.24, 2.45) is 0 Å². The van der Waals surface area contributed by atoms with Gasteiger partial charge in [-0.05, 0) is 48.4 Å². The van der Waals surface area contributed by atoms with Gasteiger partial charge >= 0.3 is 0 Å². The van der Waals surface area contributed by atoms with Gasteiger partial charge in [0, 0.05) is 38.1 Å². The van der Waals surface area contributed by atoms with Gasteiger partial charge in [-0.15, -0.1) is 11.3 Å². The fourth-order valence-electron chi connectivity index (χ4n) is 3.43. The number of thiophene rings is 1. The second-order valence-corrected chi connectivity index (χ2v) is 7.96. The molecule has 1 aliphatic rings. The number of halogens is 1. The average Bonchev–Trinajstić information content (AvgIpc) is 3.26. The minimum Gasteiger partial charge on any atom is -0.381 e. The summed E-state index contributed by atoms with van der Waals surface area (Å²) in [5.41, 5.74) is 0.801. The standard InChI is InChI=1S/C21H25FN2O3S/c22-17-7-5-16(6-8-17)21(9-12-27-13-10-21)15-24-19(25)4-1-11-23-20(26)18-3-2-14-28-18/h2-3,5-8,14H,1,4,9-13,15H2,(H,23,26)(H,24,25). The van der Waals surface area contributed by atoms with Gasteiger partial charge in [-0.1, -0.05) is 18.2 Å². The fraction of sp³-hybridized carbons (Fsp3) is 0.429. The largest absolute Gasteiger partial charge is 0.381 e. The minimum absolute atomic E-state index is 0.0432. The topological polar surface area (TPSA) is 67.4 Å². The summed E-state index contributed by atoms with van der Waals surface area (Å²) in [7, 11) is 0. The van der Waals surface area contributed by atoms with E-state index in [9.17, 15) is 14.0 Å². The molecule has 0 spiro atoms. The molecule has 1 aliphatic heterocycles. The van der Waals surface area contributed by atoms with Gasteiger partial charge in [-0.3, -0.25) is 9.59 Å². The molecule has 3 rings (SSSR count). The Hall–Kier alpha value is -2.25. The zero-order chi connectivity index (χ0) is 19.8. The van der Waals surface area contributed by atoms with Crippen LogP contribution in [0.3, 0.4) is 0 Å². The van der Waals surface area contributed by atoms with Crippen LogP contribution in [-0.2, 0) is 14.9 Å².